The van der Waals surface area contributed by atoms with E-state index in [1.165, 1.54) is 19.0 Å². The number of anilines is 1. The van der Waals surface area contributed by atoms with Gasteiger partial charge < -0.3 is 10.6 Å². The molecule has 1 aromatic rings. The summed E-state index contributed by atoms with van der Waals surface area (Å²) < 4.78 is 13.4. The predicted molar refractivity (Wildman–Crippen MR) is 85.7 cm³/mol. The molecule has 21 heavy (non-hydrogen) atoms. The lowest BCUT2D eigenvalue weighted by molar-refractivity contribution is 0.304. The summed E-state index contributed by atoms with van der Waals surface area (Å²) in [6.45, 7) is 10.6. The van der Waals surface area contributed by atoms with Crippen LogP contribution in [0.5, 0.6) is 0 Å². The van der Waals surface area contributed by atoms with Crippen molar-refractivity contribution in [2.24, 2.45) is 17.8 Å². The summed E-state index contributed by atoms with van der Waals surface area (Å²) in [7, 11) is 0. The van der Waals surface area contributed by atoms with Gasteiger partial charge in [-0.3, -0.25) is 0 Å². The monoisotopic (exact) mass is 293 g/mol. The molecule has 0 saturated heterocycles. The fraction of sp³-hybridized carbons (Fsp3) is 0.706. The average Bonchev–Trinajstić information content (AvgIpc) is 3.21. The quantitative estimate of drug-likeness (QED) is 0.765. The first-order valence-electron chi connectivity index (χ1n) is 8.09. The first kappa shape index (κ1) is 16.2. The van der Waals surface area contributed by atoms with Crippen molar-refractivity contribution in [2.75, 3.05) is 11.9 Å². The Morgan fingerprint density at radius 2 is 1.90 bits per heavy atom. The van der Waals surface area contributed by atoms with Crippen LogP contribution in [-0.4, -0.2) is 17.6 Å². The molecule has 2 N–H and O–H groups in total. The third-order valence-electron chi connectivity index (χ3n) is 4.31. The molecule has 1 aliphatic carbocycles. The maximum absolute atomic E-state index is 13.4. The zero-order valence-corrected chi connectivity index (χ0v) is 13.6. The van der Waals surface area contributed by atoms with Crippen molar-refractivity contribution >= 4 is 5.82 Å². The van der Waals surface area contributed by atoms with Gasteiger partial charge in [-0.25, -0.2) is 9.37 Å². The van der Waals surface area contributed by atoms with Crippen LogP contribution in [0.15, 0.2) is 12.3 Å². The summed E-state index contributed by atoms with van der Waals surface area (Å²) in [6.07, 6.45) is 3.76. The van der Waals surface area contributed by atoms with E-state index in [9.17, 15) is 4.39 Å². The number of rotatable bonds is 8. The molecule has 0 spiro atoms. The first-order valence-corrected chi connectivity index (χ1v) is 8.09. The highest BCUT2D eigenvalue weighted by atomic mass is 19.1. The minimum absolute atomic E-state index is 0.266. The second-order valence-corrected chi connectivity index (χ2v) is 6.85. The molecule has 0 bridgehead atoms. The van der Waals surface area contributed by atoms with E-state index in [2.05, 4.69) is 43.3 Å². The fourth-order valence-corrected chi connectivity index (χ4v) is 2.77. The lowest BCUT2D eigenvalue weighted by Gasteiger charge is -2.25. The lowest BCUT2D eigenvalue weighted by atomic mass is 9.85. The lowest BCUT2D eigenvalue weighted by Crippen LogP contribution is -2.26. The van der Waals surface area contributed by atoms with Crippen LogP contribution in [-0.2, 0) is 6.54 Å². The van der Waals surface area contributed by atoms with Crippen LogP contribution in [0.2, 0.25) is 0 Å². The normalized spacial score (nSPS) is 15.2. The Morgan fingerprint density at radius 3 is 2.48 bits per heavy atom. The first-order chi connectivity index (χ1) is 9.97. The Balaban J connectivity index is 2.00. The third kappa shape index (κ3) is 4.95. The van der Waals surface area contributed by atoms with Crippen LogP contribution >= 0.6 is 0 Å². The number of nitrogens with zero attached hydrogens (tertiary/aromatic N) is 1. The van der Waals surface area contributed by atoms with Crippen molar-refractivity contribution in [1.82, 2.24) is 10.3 Å². The molecule has 3 nitrogen and oxygen atoms in total. The molecule has 1 aliphatic rings. The van der Waals surface area contributed by atoms with E-state index < -0.39 is 0 Å². The largest absolute Gasteiger partial charge is 0.370 e. The van der Waals surface area contributed by atoms with Crippen molar-refractivity contribution in [2.45, 2.75) is 53.1 Å². The van der Waals surface area contributed by atoms with Crippen molar-refractivity contribution in [3.05, 3.63) is 23.6 Å². The minimum Gasteiger partial charge on any atom is -0.370 e. The summed E-state index contributed by atoms with van der Waals surface area (Å²) in [4.78, 5) is 4.24. The van der Waals surface area contributed by atoms with Gasteiger partial charge in [0.15, 0.2) is 0 Å². The highest BCUT2D eigenvalue weighted by Crippen LogP contribution is 2.23. The van der Waals surface area contributed by atoms with Crippen molar-refractivity contribution in [3.63, 3.8) is 0 Å². The molecule has 118 valence electrons. The Hall–Kier alpha value is -1.16. The van der Waals surface area contributed by atoms with E-state index in [1.54, 1.807) is 6.07 Å². The molecule has 0 unspecified atom stereocenters. The summed E-state index contributed by atoms with van der Waals surface area (Å²) in [5.41, 5.74) is 0.924. The highest BCUT2D eigenvalue weighted by molar-refractivity contribution is 5.44. The van der Waals surface area contributed by atoms with E-state index in [1.807, 2.05) is 0 Å². The number of hydrogen-bond donors (Lipinski definition) is 2. The molecule has 2 rings (SSSR count). The molecule has 0 amide bonds. The van der Waals surface area contributed by atoms with E-state index in [4.69, 9.17) is 0 Å². The number of aromatic nitrogens is 1. The molecule has 1 aromatic heterocycles. The van der Waals surface area contributed by atoms with Gasteiger partial charge >= 0.3 is 0 Å². The highest BCUT2D eigenvalue weighted by Gasteiger charge is 2.21. The van der Waals surface area contributed by atoms with E-state index in [0.717, 1.165) is 17.9 Å². The van der Waals surface area contributed by atoms with Gasteiger partial charge in [-0.15, -0.1) is 0 Å². The van der Waals surface area contributed by atoms with Crippen LogP contribution in [0.25, 0.3) is 0 Å². The molecule has 0 radical (unpaired) electrons. The summed E-state index contributed by atoms with van der Waals surface area (Å²) in [5.74, 6) is 2.37. The smallest absolute Gasteiger partial charge is 0.141 e. The Kier molecular flexibility index (Phi) is 5.57. The molecule has 0 aliphatic heterocycles. The van der Waals surface area contributed by atoms with Gasteiger partial charge in [0.25, 0.3) is 0 Å². The zero-order chi connectivity index (χ0) is 15.4. The van der Waals surface area contributed by atoms with Gasteiger partial charge in [-0.1, -0.05) is 27.7 Å². The number of hydrogen-bond acceptors (Lipinski definition) is 3. The Morgan fingerprint density at radius 1 is 1.24 bits per heavy atom. The SMILES string of the molecule is CC(C)C(CNc1ncc(F)cc1CNC1CC1)C(C)C. The molecule has 4 heteroatoms. The fourth-order valence-electron chi connectivity index (χ4n) is 2.77. The van der Waals surface area contributed by atoms with Crippen molar-refractivity contribution in [3.8, 4) is 0 Å². The maximum Gasteiger partial charge on any atom is 0.141 e. The Bertz CT molecular complexity index is 447. The van der Waals surface area contributed by atoms with Gasteiger partial charge in [-0.05, 0) is 36.7 Å². The summed E-state index contributed by atoms with van der Waals surface area (Å²) in [6, 6.07) is 2.20. The van der Waals surface area contributed by atoms with E-state index in [-0.39, 0.29) is 5.82 Å². The van der Waals surface area contributed by atoms with Gasteiger partial charge in [-0.2, -0.15) is 0 Å². The average molecular weight is 293 g/mol. The molecule has 1 fully saturated rings. The van der Waals surface area contributed by atoms with Crippen molar-refractivity contribution in [1.29, 1.82) is 0 Å². The summed E-state index contributed by atoms with van der Waals surface area (Å²) >= 11 is 0. The van der Waals surface area contributed by atoms with Crippen LogP contribution in [0.3, 0.4) is 0 Å². The standard InChI is InChI=1S/C17H28FN3/c1-11(2)16(12(3)4)10-21-17-13(7-14(18)9-20-17)8-19-15-5-6-15/h7,9,11-12,15-16,19H,5-6,8,10H2,1-4H3,(H,20,21). The van der Waals surface area contributed by atoms with Gasteiger partial charge in [0.1, 0.15) is 11.6 Å². The Labute approximate surface area is 127 Å². The van der Waals surface area contributed by atoms with E-state index >= 15 is 0 Å². The van der Waals surface area contributed by atoms with Crippen molar-refractivity contribution < 1.29 is 4.39 Å². The molecule has 0 atom stereocenters. The van der Waals surface area contributed by atoms with Gasteiger partial charge in [0.05, 0.1) is 6.20 Å². The maximum atomic E-state index is 13.4. The van der Waals surface area contributed by atoms with Crippen LogP contribution in [0, 0.1) is 23.6 Å². The molecule has 0 aromatic carbocycles. The topological polar surface area (TPSA) is 37.0 Å². The van der Waals surface area contributed by atoms with E-state index in [0.29, 0.717) is 30.3 Å². The molecule has 1 heterocycles. The predicted octanol–water partition coefficient (Wildman–Crippen LogP) is 3.81. The van der Waals surface area contributed by atoms with Gasteiger partial charge in [0, 0.05) is 24.7 Å². The molecule has 1 saturated carbocycles. The third-order valence-corrected chi connectivity index (χ3v) is 4.31. The number of pyridine rings is 1. The van der Waals surface area contributed by atoms with Crippen LogP contribution in [0.4, 0.5) is 10.2 Å². The molecular weight excluding hydrogens is 265 g/mol. The van der Waals surface area contributed by atoms with Gasteiger partial charge in [0.2, 0.25) is 0 Å². The summed E-state index contributed by atoms with van der Waals surface area (Å²) in [5, 5.41) is 6.86. The minimum atomic E-state index is -0.266. The van der Waals surface area contributed by atoms with Crippen LogP contribution < -0.4 is 10.6 Å². The molecular formula is C17H28FN3. The number of nitrogens with one attached hydrogen (secondary N) is 2. The second kappa shape index (κ2) is 7.21. The van der Waals surface area contributed by atoms with Crippen LogP contribution in [0.1, 0.15) is 46.1 Å². The number of halogens is 1. The zero-order valence-electron chi connectivity index (χ0n) is 13.6. The second-order valence-electron chi connectivity index (χ2n) is 6.85.